The first kappa shape index (κ1) is 38.3. The molecule has 4 rings (SSSR count). The van der Waals surface area contributed by atoms with E-state index in [-0.39, 0.29) is 18.1 Å². The van der Waals surface area contributed by atoms with Crippen LogP contribution in [0.2, 0.25) is 0 Å². The maximum absolute atomic E-state index is 13.0. The average molecular weight is 717 g/mol. The Morgan fingerprint density at radius 2 is 1.84 bits per heavy atom. The number of imidazole rings is 1. The summed E-state index contributed by atoms with van der Waals surface area (Å²) < 4.78 is 12.5. The molecule has 1 fully saturated rings. The zero-order chi connectivity index (χ0) is 36.4. The highest BCUT2D eigenvalue weighted by atomic mass is 32.2. The number of rotatable bonds is 18. The Morgan fingerprint density at radius 3 is 2.52 bits per heavy atom. The number of aromatic hydroxyl groups is 1. The number of ketones is 1. The lowest BCUT2D eigenvalue weighted by atomic mass is 9.91. The van der Waals surface area contributed by atoms with Gasteiger partial charge in [-0.2, -0.15) is 11.8 Å². The molecule has 0 bridgehead atoms. The number of hydrogen-bond donors (Lipinski definition) is 7. The molecule has 0 radical (unpaired) electrons. The summed E-state index contributed by atoms with van der Waals surface area (Å²) in [7, 11) is 0. The summed E-state index contributed by atoms with van der Waals surface area (Å²) in [4.78, 5) is 62.8. The number of nitrogens with zero attached hydrogens (tertiary/aromatic N) is 4. The van der Waals surface area contributed by atoms with Gasteiger partial charge in [0.25, 0.3) is 0 Å². The Balaban J connectivity index is 1.28. The summed E-state index contributed by atoms with van der Waals surface area (Å²) in [6.07, 6.45) is -0.917. The molecule has 18 heteroatoms. The molecule has 3 heterocycles. The topological polar surface area (TPSA) is 253 Å². The van der Waals surface area contributed by atoms with E-state index >= 15 is 0 Å². The molecule has 0 saturated carbocycles. The largest absolute Gasteiger partial charge is 0.508 e. The molecule has 6 atom stereocenters. The highest BCUT2D eigenvalue weighted by molar-refractivity contribution is 7.98. The van der Waals surface area contributed by atoms with Gasteiger partial charge in [-0.25, -0.2) is 19.7 Å². The molecule has 3 amide bonds. The number of benzene rings is 1. The maximum atomic E-state index is 13.0. The number of aliphatic hydroxyl groups is 2. The minimum atomic E-state index is -1.43. The van der Waals surface area contributed by atoms with Gasteiger partial charge in [0, 0.05) is 18.9 Å². The number of alkyl carbamates (subject to hydrolysis) is 1. The van der Waals surface area contributed by atoms with E-state index in [4.69, 9.17) is 15.2 Å². The van der Waals surface area contributed by atoms with Crippen LogP contribution in [0.3, 0.4) is 0 Å². The summed E-state index contributed by atoms with van der Waals surface area (Å²) >= 11 is 1.51. The number of aromatic nitrogens is 4. The average Bonchev–Trinajstić information content (AvgIpc) is 3.63. The van der Waals surface area contributed by atoms with Crippen LogP contribution in [-0.2, 0) is 30.4 Å². The Kier molecular flexibility index (Phi) is 13.7. The molecule has 3 aromatic rings. The number of carbonyl (C=O) groups excluding carboxylic acids is 4. The van der Waals surface area contributed by atoms with Crippen molar-refractivity contribution in [3.8, 4) is 5.75 Å². The lowest BCUT2D eigenvalue weighted by Gasteiger charge is -2.22. The predicted octanol–water partition coefficient (Wildman–Crippen LogP) is 0.834. The maximum Gasteiger partial charge on any atom is 0.407 e. The fraction of sp³-hybridized carbons (Fsp3) is 0.531. The molecule has 50 heavy (non-hydrogen) atoms. The van der Waals surface area contributed by atoms with Crippen molar-refractivity contribution < 1.29 is 44.0 Å². The van der Waals surface area contributed by atoms with E-state index in [0.29, 0.717) is 42.1 Å². The van der Waals surface area contributed by atoms with Crippen LogP contribution in [0.15, 0.2) is 36.9 Å². The summed E-state index contributed by atoms with van der Waals surface area (Å²) in [6.45, 7) is 3.32. The lowest BCUT2D eigenvalue weighted by Crippen LogP contribution is -2.47. The fourth-order valence-electron chi connectivity index (χ4n) is 5.45. The number of primary amides is 1. The van der Waals surface area contributed by atoms with Crippen LogP contribution in [-0.4, -0.2) is 108 Å². The number of Topliss-reactive ketones (excluding diaryl/α,β-unsaturated/α-hetero) is 1. The van der Waals surface area contributed by atoms with E-state index in [1.807, 2.05) is 20.1 Å². The Morgan fingerprint density at radius 1 is 1.10 bits per heavy atom. The normalized spacial score (nSPS) is 20.0. The minimum Gasteiger partial charge on any atom is -0.508 e. The van der Waals surface area contributed by atoms with Crippen LogP contribution >= 0.6 is 11.8 Å². The van der Waals surface area contributed by atoms with Gasteiger partial charge in [-0.15, -0.1) is 0 Å². The van der Waals surface area contributed by atoms with E-state index in [2.05, 4.69) is 30.9 Å². The highest BCUT2D eigenvalue weighted by Gasteiger charge is 2.45. The number of phenols is 1. The van der Waals surface area contributed by atoms with Crippen molar-refractivity contribution in [2.24, 2.45) is 17.6 Å². The highest BCUT2D eigenvalue weighted by Crippen LogP contribution is 2.32. The van der Waals surface area contributed by atoms with Crippen molar-refractivity contribution in [2.75, 3.05) is 30.5 Å². The van der Waals surface area contributed by atoms with Gasteiger partial charge in [0.2, 0.25) is 11.8 Å². The van der Waals surface area contributed by atoms with Crippen LogP contribution in [0.4, 0.5) is 10.6 Å². The van der Waals surface area contributed by atoms with Gasteiger partial charge in [0.15, 0.2) is 29.0 Å². The Bertz CT molecular complexity index is 1620. The fourth-order valence-corrected chi connectivity index (χ4v) is 5.92. The molecule has 0 aliphatic carbocycles. The van der Waals surface area contributed by atoms with Crippen molar-refractivity contribution in [3.05, 3.63) is 42.5 Å². The van der Waals surface area contributed by atoms with Crippen LogP contribution < -0.4 is 21.7 Å². The summed E-state index contributed by atoms with van der Waals surface area (Å²) in [5, 5.41) is 39.1. The number of ether oxygens (including phenoxy) is 2. The van der Waals surface area contributed by atoms with Crippen molar-refractivity contribution in [1.29, 1.82) is 0 Å². The quantitative estimate of drug-likeness (QED) is 0.0963. The van der Waals surface area contributed by atoms with Crippen LogP contribution in [0, 0.1) is 11.8 Å². The molecule has 0 spiro atoms. The number of thioether (sulfide) groups is 1. The Hall–Kier alpha value is -4.52. The number of anilines is 1. The van der Waals surface area contributed by atoms with Crippen molar-refractivity contribution >= 4 is 52.4 Å². The molecule has 1 aliphatic rings. The second-order valence-corrected chi connectivity index (χ2v) is 13.4. The van der Waals surface area contributed by atoms with Crippen LogP contribution in [0.5, 0.6) is 5.75 Å². The number of aliphatic hydroxyl groups excluding tert-OH is 2. The molecule has 1 unspecified atom stereocenters. The van der Waals surface area contributed by atoms with Gasteiger partial charge in [0.05, 0.1) is 12.9 Å². The SMILES string of the molecule is CSCC[C@H](NC(=O)[C@@H](CC(=O)CNC(=O)OC[C@H]1O[C@@H](n2cnc3c(NCc4ccc(O)cc4)ncnc32)[C@@H](O)C1O)CC(C)C)C(N)=O. The third-order valence-corrected chi connectivity index (χ3v) is 8.69. The van der Waals surface area contributed by atoms with Gasteiger partial charge in [-0.3, -0.25) is 19.0 Å². The van der Waals surface area contributed by atoms with Gasteiger partial charge in [-0.05, 0) is 48.5 Å². The first-order valence-electron chi connectivity index (χ1n) is 16.1. The van der Waals surface area contributed by atoms with Crippen molar-refractivity contribution in [1.82, 2.24) is 30.2 Å². The minimum absolute atomic E-state index is 0.0785. The molecular formula is C32H44N8O9S. The third-order valence-electron chi connectivity index (χ3n) is 8.05. The molecule has 1 aliphatic heterocycles. The van der Waals surface area contributed by atoms with Gasteiger partial charge in [-0.1, -0.05) is 26.0 Å². The lowest BCUT2D eigenvalue weighted by molar-refractivity contribution is -0.132. The molecule has 1 saturated heterocycles. The van der Waals surface area contributed by atoms with E-state index in [1.165, 1.54) is 29.0 Å². The van der Waals surface area contributed by atoms with Crippen LogP contribution in [0.25, 0.3) is 11.2 Å². The van der Waals surface area contributed by atoms with E-state index in [1.54, 1.807) is 24.3 Å². The number of fused-ring (bicyclic) bond motifs is 1. The molecule has 1 aromatic carbocycles. The molecule has 2 aromatic heterocycles. The second-order valence-electron chi connectivity index (χ2n) is 12.4. The number of phenolic OH excluding ortho intramolecular Hbond substituents is 1. The number of carbonyl (C=O) groups is 4. The van der Waals surface area contributed by atoms with Crippen molar-refractivity contribution in [2.45, 2.75) is 70.2 Å². The van der Waals surface area contributed by atoms with E-state index in [9.17, 15) is 34.5 Å². The number of nitrogens with one attached hydrogen (secondary N) is 3. The van der Waals surface area contributed by atoms with Gasteiger partial charge >= 0.3 is 6.09 Å². The summed E-state index contributed by atoms with van der Waals surface area (Å²) in [5.41, 5.74) is 7.03. The Labute approximate surface area is 292 Å². The number of amides is 3. The number of hydrogen-bond acceptors (Lipinski definition) is 14. The molecule has 8 N–H and O–H groups in total. The molecule has 272 valence electrons. The summed E-state index contributed by atoms with van der Waals surface area (Å²) in [6, 6.07) is 5.80. The first-order valence-corrected chi connectivity index (χ1v) is 17.5. The van der Waals surface area contributed by atoms with Crippen molar-refractivity contribution in [3.63, 3.8) is 0 Å². The zero-order valence-corrected chi connectivity index (χ0v) is 28.8. The standard InChI is InChI=1S/C32H44N8O9S/c1-17(2)10-19(30(46)39-22(27(33)45)8-9-50-3)11-21(42)13-35-32(47)48-14-23-25(43)26(44)31(49-23)40-16-38-24-28(36-15-37-29(24)40)34-12-18-4-6-20(41)7-5-18/h4-7,15-17,19,22-23,25-26,31,41,43-44H,8-14H2,1-3H3,(H2,33,45)(H,35,47)(H,39,46)(H,34,36,37)/t19-,22+,23-,25?,26+,31-/m1/s1. The molecular weight excluding hydrogens is 672 g/mol. The van der Waals surface area contributed by atoms with E-state index < -0.39 is 73.3 Å². The zero-order valence-electron chi connectivity index (χ0n) is 28.0. The monoisotopic (exact) mass is 716 g/mol. The second kappa shape index (κ2) is 17.9. The summed E-state index contributed by atoms with van der Waals surface area (Å²) in [5.74, 6) is -1.01. The smallest absolute Gasteiger partial charge is 0.407 e. The van der Waals surface area contributed by atoms with E-state index in [0.717, 1.165) is 5.56 Å². The van der Waals surface area contributed by atoms with Gasteiger partial charge < -0.3 is 46.5 Å². The predicted molar refractivity (Wildman–Crippen MR) is 183 cm³/mol. The third kappa shape index (κ3) is 10.3. The first-order chi connectivity index (χ1) is 23.9. The van der Waals surface area contributed by atoms with Crippen LogP contribution in [0.1, 0.15) is 44.9 Å². The molecule has 17 nitrogen and oxygen atoms in total. The van der Waals surface area contributed by atoms with Gasteiger partial charge in [0.1, 0.15) is 43.0 Å². The number of nitrogens with two attached hydrogens (primary N) is 1.